The molecule has 1 aliphatic rings. The Hall–Kier alpha value is -1.07. The van der Waals surface area contributed by atoms with Crippen molar-refractivity contribution in [3.63, 3.8) is 0 Å². The second-order valence-corrected chi connectivity index (χ2v) is 6.58. The van der Waals surface area contributed by atoms with Crippen LogP contribution >= 0.6 is 0 Å². The third-order valence-electron chi connectivity index (χ3n) is 5.26. The molecule has 1 saturated heterocycles. The van der Waals surface area contributed by atoms with Gasteiger partial charge in [0.1, 0.15) is 0 Å². The van der Waals surface area contributed by atoms with Crippen molar-refractivity contribution in [2.45, 2.75) is 46.1 Å². The second kappa shape index (κ2) is 6.36. The summed E-state index contributed by atoms with van der Waals surface area (Å²) in [7, 11) is 3.63. The lowest BCUT2D eigenvalue weighted by Gasteiger charge is -2.42. The van der Waals surface area contributed by atoms with E-state index >= 15 is 0 Å². The summed E-state index contributed by atoms with van der Waals surface area (Å²) >= 11 is 0. The van der Waals surface area contributed by atoms with Gasteiger partial charge in [0.25, 0.3) is 0 Å². The van der Waals surface area contributed by atoms with Crippen LogP contribution in [0.4, 0.5) is 0 Å². The second-order valence-electron chi connectivity index (χ2n) is 6.58. The molecule has 5 nitrogen and oxygen atoms in total. The molecule has 2 rings (SSSR count). The number of aromatic nitrogens is 2. The Morgan fingerprint density at radius 1 is 1.38 bits per heavy atom. The van der Waals surface area contributed by atoms with Crippen molar-refractivity contribution in [1.29, 1.82) is 0 Å². The van der Waals surface area contributed by atoms with Crippen molar-refractivity contribution in [2.75, 3.05) is 26.7 Å². The summed E-state index contributed by atoms with van der Waals surface area (Å²) in [5.41, 5.74) is 8.77. The molecule has 0 radical (unpaired) electrons. The van der Waals surface area contributed by atoms with Crippen molar-refractivity contribution >= 4 is 0 Å². The first-order valence-corrected chi connectivity index (χ1v) is 7.97. The van der Waals surface area contributed by atoms with Gasteiger partial charge in [0.15, 0.2) is 0 Å². The average Bonchev–Trinajstić information content (AvgIpc) is 2.76. The van der Waals surface area contributed by atoms with Crippen LogP contribution in [0.25, 0.3) is 0 Å². The molecular formula is C16H30N4O. The van der Waals surface area contributed by atoms with Crippen LogP contribution in [0.1, 0.15) is 50.4 Å². The van der Waals surface area contributed by atoms with Gasteiger partial charge in [-0.05, 0) is 38.3 Å². The van der Waals surface area contributed by atoms with Gasteiger partial charge >= 0.3 is 0 Å². The van der Waals surface area contributed by atoms with Gasteiger partial charge in [0.05, 0.1) is 24.4 Å². The number of piperidine rings is 1. The first-order chi connectivity index (χ1) is 9.95. The Bertz CT molecular complexity index is 475. The molecule has 120 valence electrons. The van der Waals surface area contributed by atoms with Crippen LogP contribution in [0.15, 0.2) is 0 Å². The van der Waals surface area contributed by atoms with Gasteiger partial charge in [-0.25, -0.2) is 4.68 Å². The standard InChI is InChI=1S/C16H30N4O/c1-6-16(3)7-9-20(10-8-16)13(11-17)14-12(2)18-19(4)15(14)21-5/h13H,6-11,17H2,1-5H3. The number of methoxy groups -OCH3 is 1. The molecule has 0 spiro atoms. The molecule has 2 heterocycles. The van der Waals surface area contributed by atoms with Gasteiger partial charge in [-0.3, -0.25) is 4.90 Å². The van der Waals surface area contributed by atoms with E-state index in [1.54, 1.807) is 7.11 Å². The molecule has 0 bridgehead atoms. The van der Waals surface area contributed by atoms with E-state index in [0.29, 0.717) is 12.0 Å². The number of nitrogens with zero attached hydrogens (tertiary/aromatic N) is 3. The zero-order chi connectivity index (χ0) is 15.6. The molecule has 21 heavy (non-hydrogen) atoms. The van der Waals surface area contributed by atoms with Crippen molar-refractivity contribution < 1.29 is 4.74 Å². The summed E-state index contributed by atoms with van der Waals surface area (Å²) < 4.78 is 7.36. The minimum Gasteiger partial charge on any atom is -0.481 e. The van der Waals surface area contributed by atoms with E-state index in [0.717, 1.165) is 30.2 Å². The maximum atomic E-state index is 6.10. The fourth-order valence-electron chi connectivity index (χ4n) is 3.46. The lowest BCUT2D eigenvalue weighted by Crippen LogP contribution is -2.43. The highest BCUT2D eigenvalue weighted by atomic mass is 16.5. The Morgan fingerprint density at radius 3 is 2.48 bits per heavy atom. The highest BCUT2D eigenvalue weighted by Crippen LogP contribution is 2.39. The van der Waals surface area contributed by atoms with Gasteiger partial charge < -0.3 is 10.5 Å². The van der Waals surface area contributed by atoms with Crippen LogP contribution in [-0.4, -0.2) is 41.4 Å². The summed E-state index contributed by atoms with van der Waals surface area (Å²) in [6.45, 7) is 9.54. The highest BCUT2D eigenvalue weighted by Gasteiger charge is 2.34. The topological polar surface area (TPSA) is 56.3 Å². The third kappa shape index (κ3) is 3.09. The molecule has 1 atom stereocenters. The molecule has 0 aliphatic carbocycles. The fraction of sp³-hybridized carbons (Fsp3) is 0.812. The highest BCUT2D eigenvalue weighted by molar-refractivity contribution is 5.34. The Kier molecular flexibility index (Phi) is 4.94. The summed E-state index contributed by atoms with van der Waals surface area (Å²) in [6, 6.07) is 0.204. The third-order valence-corrected chi connectivity index (χ3v) is 5.26. The van der Waals surface area contributed by atoms with Gasteiger partial charge in [0, 0.05) is 13.6 Å². The van der Waals surface area contributed by atoms with Crippen LogP contribution in [0, 0.1) is 12.3 Å². The first kappa shape index (κ1) is 16.3. The number of hydrogen-bond donors (Lipinski definition) is 1. The van der Waals surface area contributed by atoms with Crippen LogP contribution in [0.3, 0.4) is 0 Å². The van der Waals surface area contributed by atoms with E-state index in [1.807, 2.05) is 18.7 Å². The van der Waals surface area contributed by atoms with Crippen molar-refractivity contribution in [2.24, 2.45) is 18.2 Å². The summed E-state index contributed by atoms with van der Waals surface area (Å²) in [5.74, 6) is 0.840. The van der Waals surface area contributed by atoms with Gasteiger partial charge in [0.2, 0.25) is 5.88 Å². The van der Waals surface area contributed by atoms with Gasteiger partial charge in [-0.15, -0.1) is 0 Å². The van der Waals surface area contributed by atoms with Crippen molar-refractivity contribution in [3.8, 4) is 5.88 Å². The van der Waals surface area contributed by atoms with Crippen molar-refractivity contribution in [3.05, 3.63) is 11.3 Å². The maximum absolute atomic E-state index is 6.10. The largest absolute Gasteiger partial charge is 0.481 e. The SMILES string of the molecule is CCC1(C)CCN(C(CN)c2c(C)nn(C)c2OC)CC1. The van der Waals surface area contributed by atoms with Crippen LogP contribution in [-0.2, 0) is 7.05 Å². The molecule has 0 aromatic carbocycles. The normalized spacial score (nSPS) is 20.5. The zero-order valence-corrected chi connectivity index (χ0v) is 14.1. The first-order valence-electron chi connectivity index (χ1n) is 7.97. The van der Waals surface area contributed by atoms with E-state index in [-0.39, 0.29) is 6.04 Å². The number of likely N-dealkylation sites (tertiary alicyclic amines) is 1. The minimum absolute atomic E-state index is 0.204. The molecule has 2 N–H and O–H groups in total. The van der Waals surface area contributed by atoms with E-state index in [2.05, 4.69) is 23.8 Å². The molecule has 0 saturated carbocycles. The minimum atomic E-state index is 0.204. The summed E-state index contributed by atoms with van der Waals surface area (Å²) in [4.78, 5) is 2.50. The van der Waals surface area contributed by atoms with Crippen LogP contribution in [0.5, 0.6) is 5.88 Å². The Balaban J connectivity index is 2.22. The molecule has 0 amide bonds. The Labute approximate surface area is 128 Å². The zero-order valence-electron chi connectivity index (χ0n) is 14.1. The molecule has 1 unspecified atom stereocenters. The molecule has 5 heteroatoms. The quantitative estimate of drug-likeness (QED) is 0.905. The van der Waals surface area contributed by atoms with E-state index < -0.39 is 0 Å². The van der Waals surface area contributed by atoms with Crippen molar-refractivity contribution in [1.82, 2.24) is 14.7 Å². The van der Waals surface area contributed by atoms with Gasteiger partial charge in [-0.1, -0.05) is 20.3 Å². The maximum Gasteiger partial charge on any atom is 0.216 e. The number of hydrogen-bond acceptors (Lipinski definition) is 4. The molecule has 1 aliphatic heterocycles. The molecule has 1 aromatic rings. The lowest BCUT2D eigenvalue weighted by atomic mass is 9.78. The fourth-order valence-corrected chi connectivity index (χ4v) is 3.46. The molecule has 1 aromatic heterocycles. The number of nitrogens with two attached hydrogens (primary N) is 1. The predicted octanol–water partition coefficient (Wildman–Crippen LogP) is 2.25. The Morgan fingerprint density at radius 2 is 2.00 bits per heavy atom. The van der Waals surface area contributed by atoms with Crippen LogP contribution in [0.2, 0.25) is 0 Å². The monoisotopic (exact) mass is 294 g/mol. The number of rotatable bonds is 5. The number of ether oxygens (including phenoxy) is 1. The van der Waals surface area contributed by atoms with Gasteiger partial charge in [-0.2, -0.15) is 5.10 Å². The smallest absolute Gasteiger partial charge is 0.216 e. The lowest BCUT2D eigenvalue weighted by molar-refractivity contribution is 0.0816. The summed E-state index contributed by atoms with van der Waals surface area (Å²) in [5, 5.41) is 4.50. The van der Waals surface area contributed by atoms with E-state index in [9.17, 15) is 0 Å². The van der Waals surface area contributed by atoms with Crippen LogP contribution < -0.4 is 10.5 Å². The average molecular weight is 294 g/mol. The summed E-state index contributed by atoms with van der Waals surface area (Å²) in [6.07, 6.45) is 3.73. The van der Waals surface area contributed by atoms with E-state index in [1.165, 1.54) is 19.3 Å². The number of aryl methyl sites for hydroxylation is 2. The molecular weight excluding hydrogens is 264 g/mol. The van der Waals surface area contributed by atoms with E-state index in [4.69, 9.17) is 10.5 Å². The molecule has 1 fully saturated rings. The predicted molar refractivity (Wildman–Crippen MR) is 85.5 cm³/mol.